The van der Waals surface area contributed by atoms with Gasteiger partial charge in [-0.15, -0.1) is 0 Å². The summed E-state index contributed by atoms with van der Waals surface area (Å²) in [5.41, 5.74) is 0.342. The van der Waals surface area contributed by atoms with Crippen LogP contribution < -0.4 is 4.90 Å². The third kappa shape index (κ3) is 4.49. The lowest BCUT2D eigenvalue weighted by atomic mass is 10.2. The summed E-state index contributed by atoms with van der Waals surface area (Å²) < 4.78 is 5.02. The Hall–Kier alpha value is -2.91. The zero-order valence-electron chi connectivity index (χ0n) is 16.3. The van der Waals surface area contributed by atoms with Gasteiger partial charge < -0.3 is 24.3 Å². The van der Waals surface area contributed by atoms with E-state index in [0.717, 1.165) is 0 Å². The average Bonchev–Trinajstić information content (AvgIpc) is 2.73. The maximum atomic E-state index is 12.8. The van der Waals surface area contributed by atoms with Crippen molar-refractivity contribution < 1.29 is 19.1 Å². The van der Waals surface area contributed by atoms with Gasteiger partial charge in [-0.05, 0) is 13.0 Å². The smallest absolute Gasteiger partial charge is 0.409 e. The van der Waals surface area contributed by atoms with Gasteiger partial charge in [0.2, 0.25) is 11.9 Å². The minimum Gasteiger partial charge on any atom is -0.450 e. The molecule has 2 saturated heterocycles. The maximum Gasteiger partial charge on any atom is 0.409 e. The molecule has 0 spiro atoms. The first kappa shape index (κ1) is 19.8. The van der Waals surface area contributed by atoms with Gasteiger partial charge in [-0.25, -0.2) is 14.8 Å². The van der Waals surface area contributed by atoms with E-state index in [-0.39, 0.29) is 17.9 Å². The quantitative estimate of drug-likeness (QED) is 0.720. The molecule has 0 bridgehead atoms. The van der Waals surface area contributed by atoms with Crippen molar-refractivity contribution in [1.29, 1.82) is 0 Å². The number of anilines is 1. The minimum atomic E-state index is -0.309. The molecule has 2 aliphatic rings. The first-order chi connectivity index (χ1) is 13.5. The summed E-state index contributed by atoms with van der Waals surface area (Å²) >= 11 is 0. The lowest BCUT2D eigenvalue weighted by Gasteiger charge is -2.35. The summed E-state index contributed by atoms with van der Waals surface area (Å²) in [5, 5.41) is 0. The summed E-state index contributed by atoms with van der Waals surface area (Å²) in [6.45, 7) is 7.94. The van der Waals surface area contributed by atoms with Gasteiger partial charge in [0.05, 0.1) is 6.61 Å². The first-order valence-corrected chi connectivity index (χ1v) is 9.54. The first-order valence-electron chi connectivity index (χ1n) is 9.54. The van der Waals surface area contributed by atoms with Gasteiger partial charge in [-0.3, -0.25) is 9.59 Å². The van der Waals surface area contributed by atoms with Crippen LogP contribution in [0.25, 0.3) is 0 Å². The average molecular weight is 390 g/mol. The molecule has 3 heterocycles. The van der Waals surface area contributed by atoms with Crippen LogP contribution in [-0.4, -0.2) is 102 Å². The number of piperazine rings is 2. The lowest BCUT2D eigenvalue weighted by Crippen LogP contribution is -2.50. The van der Waals surface area contributed by atoms with Crippen LogP contribution in [0, 0.1) is 0 Å². The minimum absolute atomic E-state index is 0.0263. The highest BCUT2D eigenvalue weighted by atomic mass is 16.6. The van der Waals surface area contributed by atoms with Crippen molar-refractivity contribution in [1.82, 2.24) is 24.7 Å². The number of rotatable bonds is 3. The molecule has 1 aromatic rings. The van der Waals surface area contributed by atoms with Crippen LogP contribution in [0.15, 0.2) is 12.3 Å². The second-order valence-corrected chi connectivity index (χ2v) is 6.71. The van der Waals surface area contributed by atoms with Crippen LogP contribution in [0.1, 0.15) is 24.3 Å². The van der Waals surface area contributed by atoms with E-state index in [2.05, 4.69) is 9.97 Å². The topological polar surface area (TPSA) is 99.2 Å². The number of hydrogen-bond donors (Lipinski definition) is 0. The Balaban J connectivity index is 1.59. The third-order valence-electron chi connectivity index (χ3n) is 4.96. The summed E-state index contributed by atoms with van der Waals surface area (Å²) in [4.78, 5) is 51.8. The molecule has 0 saturated carbocycles. The normalized spacial score (nSPS) is 17.5. The second kappa shape index (κ2) is 8.85. The zero-order valence-corrected chi connectivity index (χ0v) is 16.3. The molecule has 3 amide bonds. The second-order valence-electron chi connectivity index (χ2n) is 6.71. The molecule has 0 aliphatic carbocycles. The molecule has 0 aromatic carbocycles. The predicted octanol–water partition coefficient (Wildman–Crippen LogP) is 0.0594. The van der Waals surface area contributed by atoms with E-state index in [1.54, 1.807) is 33.9 Å². The number of amides is 3. The van der Waals surface area contributed by atoms with Crippen LogP contribution in [0.4, 0.5) is 10.7 Å². The van der Waals surface area contributed by atoms with Crippen LogP contribution in [-0.2, 0) is 9.53 Å². The van der Waals surface area contributed by atoms with E-state index in [9.17, 15) is 14.4 Å². The van der Waals surface area contributed by atoms with Gasteiger partial charge >= 0.3 is 6.09 Å². The van der Waals surface area contributed by atoms with Crippen molar-refractivity contribution in [3.8, 4) is 0 Å². The predicted molar refractivity (Wildman–Crippen MR) is 101 cm³/mol. The van der Waals surface area contributed by atoms with Crippen molar-refractivity contribution in [2.75, 3.05) is 63.9 Å². The summed E-state index contributed by atoms with van der Waals surface area (Å²) in [5.74, 6) is 0.354. The van der Waals surface area contributed by atoms with E-state index in [0.29, 0.717) is 70.6 Å². The highest BCUT2D eigenvalue weighted by Gasteiger charge is 2.26. The number of carbonyl (C=O) groups excluding carboxylic acids is 3. The maximum absolute atomic E-state index is 12.8. The van der Waals surface area contributed by atoms with Crippen molar-refractivity contribution >= 4 is 23.9 Å². The molecule has 1 aromatic heterocycles. The third-order valence-corrected chi connectivity index (χ3v) is 4.96. The van der Waals surface area contributed by atoms with Crippen molar-refractivity contribution in [2.45, 2.75) is 13.8 Å². The fourth-order valence-corrected chi connectivity index (χ4v) is 3.31. The largest absolute Gasteiger partial charge is 0.450 e. The van der Waals surface area contributed by atoms with Gasteiger partial charge in [-0.2, -0.15) is 0 Å². The number of nitrogens with zero attached hydrogens (tertiary/aromatic N) is 6. The van der Waals surface area contributed by atoms with E-state index in [1.807, 2.05) is 4.90 Å². The molecule has 2 aliphatic heterocycles. The molecule has 0 radical (unpaired) electrons. The summed E-state index contributed by atoms with van der Waals surface area (Å²) in [7, 11) is 0. The monoisotopic (exact) mass is 390 g/mol. The van der Waals surface area contributed by atoms with Gasteiger partial charge in [0.1, 0.15) is 5.69 Å². The van der Waals surface area contributed by atoms with Gasteiger partial charge in [0.25, 0.3) is 5.91 Å². The highest BCUT2D eigenvalue weighted by Crippen LogP contribution is 2.14. The lowest BCUT2D eigenvalue weighted by molar-refractivity contribution is -0.130. The van der Waals surface area contributed by atoms with Crippen LogP contribution in [0.2, 0.25) is 0 Å². The molecular weight excluding hydrogens is 364 g/mol. The van der Waals surface area contributed by atoms with Crippen LogP contribution in [0.5, 0.6) is 0 Å². The molecule has 28 heavy (non-hydrogen) atoms. The van der Waals surface area contributed by atoms with Crippen LogP contribution >= 0.6 is 0 Å². The molecule has 3 rings (SSSR count). The number of hydrogen-bond acceptors (Lipinski definition) is 7. The SMILES string of the molecule is CCOC(=O)N1CCN(c2nccc(C(=O)N3CCN(C(C)=O)CC3)n2)CC1. The Kier molecular flexibility index (Phi) is 6.27. The van der Waals surface area contributed by atoms with E-state index < -0.39 is 0 Å². The Bertz CT molecular complexity index is 727. The standard InChI is InChI=1S/C18H26N6O4/c1-3-28-18(27)24-12-10-23(11-13-24)17-19-5-4-15(20-17)16(26)22-8-6-21(7-9-22)14(2)25/h4-5H,3,6-13H2,1-2H3. The molecule has 10 nitrogen and oxygen atoms in total. The summed E-state index contributed by atoms with van der Waals surface area (Å²) in [6, 6.07) is 1.61. The van der Waals surface area contributed by atoms with E-state index >= 15 is 0 Å². The molecule has 0 atom stereocenters. The molecule has 10 heteroatoms. The molecule has 0 unspecified atom stereocenters. The fourth-order valence-electron chi connectivity index (χ4n) is 3.31. The Morgan fingerprint density at radius 3 is 2.18 bits per heavy atom. The Labute approximate surface area is 164 Å². The van der Waals surface area contributed by atoms with Gasteiger partial charge in [0.15, 0.2) is 0 Å². The molecule has 152 valence electrons. The molecule has 2 fully saturated rings. The highest BCUT2D eigenvalue weighted by molar-refractivity contribution is 5.92. The number of carbonyl (C=O) groups is 3. The van der Waals surface area contributed by atoms with Gasteiger partial charge in [-0.1, -0.05) is 0 Å². The number of ether oxygens (including phenoxy) is 1. The van der Waals surface area contributed by atoms with Gasteiger partial charge in [0, 0.05) is 65.5 Å². The summed E-state index contributed by atoms with van der Waals surface area (Å²) in [6.07, 6.45) is 1.27. The zero-order chi connectivity index (χ0) is 20.1. The molecule has 0 N–H and O–H groups in total. The number of aromatic nitrogens is 2. The Morgan fingerprint density at radius 2 is 1.57 bits per heavy atom. The fraction of sp³-hybridized carbons (Fsp3) is 0.611. The van der Waals surface area contributed by atoms with Crippen molar-refractivity contribution in [3.05, 3.63) is 18.0 Å². The van der Waals surface area contributed by atoms with E-state index in [4.69, 9.17) is 4.74 Å². The van der Waals surface area contributed by atoms with Crippen molar-refractivity contribution in [3.63, 3.8) is 0 Å². The van der Waals surface area contributed by atoms with Crippen molar-refractivity contribution in [2.24, 2.45) is 0 Å². The van der Waals surface area contributed by atoms with Crippen LogP contribution in [0.3, 0.4) is 0 Å². The van der Waals surface area contributed by atoms with E-state index in [1.165, 1.54) is 6.92 Å². The Morgan fingerprint density at radius 1 is 0.964 bits per heavy atom. The molecular formula is C18H26N6O4.